The van der Waals surface area contributed by atoms with Crippen LogP contribution in [0.5, 0.6) is 0 Å². The summed E-state index contributed by atoms with van der Waals surface area (Å²) in [6, 6.07) is 17.2. The number of pyridine rings is 1. The van der Waals surface area contributed by atoms with Crippen LogP contribution >= 0.6 is 0 Å². The van der Waals surface area contributed by atoms with Crippen molar-refractivity contribution in [1.29, 1.82) is 0 Å². The molecule has 0 spiro atoms. The minimum Gasteiger partial charge on any atom is -0.447 e. The summed E-state index contributed by atoms with van der Waals surface area (Å²) in [7, 11) is 0. The van der Waals surface area contributed by atoms with Gasteiger partial charge in [-0.05, 0) is 58.2 Å². The molecule has 0 bridgehead atoms. The third-order valence-corrected chi connectivity index (χ3v) is 5.86. The molecule has 0 radical (unpaired) electrons. The van der Waals surface area contributed by atoms with Gasteiger partial charge in [0.15, 0.2) is 6.10 Å². The van der Waals surface area contributed by atoms with Gasteiger partial charge < -0.3 is 9.47 Å². The Hall–Kier alpha value is -3.25. The Morgan fingerprint density at radius 2 is 1.79 bits per heavy atom. The van der Waals surface area contributed by atoms with Gasteiger partial charge in [0.05, 0.1) is 17.2 Å². The van der Waals surface area contributed by atoms with Crippen LogP contribution in [0, 0.1) is 13.8 Å². The molecule has 0 unspecified atom stereocenters. The Kier molecular flexibility index (Phi) is 6.21. The van der Waals surface area contributed by atoms with Crippen LogP contribution in [0.15, 0.2) is 54.6 Å². The predicted octanol–water partition coefficient (Wildman–Crippen LogP) is 5.30. The molecule has 1 aliphatic rings. The van der Waals surface area contributed by atoms with Crippen molar-refractivity contribution in [3.8, 4) is 0 Å². The Morgan fingerprint density at radius 1 is 1.12 bits per heavy atom. The van der Waals surface area contributed by atoms with Crippen molar-refractivity contribution < 1.29 is 19.1 Å². The van der Waals surface area contributed by atoms with Crippen molar-refractivity contribution >= 4 is 22.9 Å². The second-order valence-corrected chi connectivity index (χ2v) is 9.49. The molecule has 1 saturated heterocycles. The lowest BCUT2D eigenvalue weighted by Crippen LogP contribution is -2.45. The van der Waals surface area contributed by atoms with E-state index in [4.69, 9.17) is 14.5 Å². The summed E-state index contributed by atoms with van der Waals surface area (Å²) >= 11 is 0. The van der Waals surface area contributed by atoms with Crippen LogP contribution in [-0.2, 0) is 20.7 Å². The molecule has 0 N–H and O–H groups in total. The molecule has 33 heavy (non-hydrogen) atoms. The molecule has 1 aliphatic heterocycles. The Labute approximate surface area is 194 Å². The average Bonchev–Trinajstić information content (AvgIpc) is 3.12. The van der Waals surface area contributed by atoms with E-state index in [0.29, 0.717) is 17.7 Å². The summed E-state index contributed by atoms with van der Waals surface area (Å²) in [6.07, 6.45) is -1.09. The number of fused-ring (bicyclic) bond motifs is 1. The number of nitrogens with zero attached hydrogens (tertiary/aromatic N) is 2. The summed E-state index contributed by atoms with van der Waals surface area (Å²) in [5.41, 5.74) is 3.61. The second-order valence-electron chi connectivity index (χ2n) is 9.49. The van der Waals surface area contributed by atoms with Gasteiger partial charge in [-0.1, -0.05) is 48.5 Å². The largest absolute Gasteiger partial charge is 0.447 e. The smallest absolute Gasteiger partial charge is 0.417 e. The first-order chi connectivity index (χ1) is 15.7. The van der Waals surface area contributed by atoms with Crippen LogP contribution in [0.25, 0.3) is 10.9 Å². The van der Waals surface area contributed by atoms with Crippen molar-refractivity contribution in [2.24, 2.45) is 0 Å². The summed E-state index contributed by atoms with van der Waals surface area (Å²) in [6.45, 7) is 9.71. The number of hydrogen-bond acceptors (Lipinski definition) is 5. The molecule has 2 heterocycles. The number of carbonyl (C=O) groups is 2. The number of aromatic nitrogens is 1. The van der Waals surface area contributed by atoms with Gasteiger partial charge in [-0.3, -0.25) is 9.78 Å². The number of carbonyl (C=O) groups excluding carboxylic acids is 2. The van der Waals surface area contributed by atoms with Gasteiger partial charge in [0.25, 0.3) is 5.91 Å². The van der Waals surface area contributed by atoms with Gasteiger partial charge in [0, 0.05) is 16.6 Å². The van der Waals surface area contributed by atoms with Crippen molar-refractivity contribution in [2.45, 2.75) is 58.8 Å². The molecule has 2 amide bonds. The zero-order valence-electron chi connectivity index (χ0n) is 19.8. The average molecular weight is 447 g/mol. The van der Waals surface area contributed by atoms with Gasteiger partial charge in [0.1, 0.15) is 6.61 Å². The number of rotatable bonds is 5. The molecule has 2 aromatic carbocycles. The monoisotopic (exact) mass is 446 g/mol. The first kappa shape index (κ1) is 22.9. The number of imide groups is 1. The summed E-state index contributed by atoms with van der Waals surface area (Å²) in [5, 5.41) is 0.957. The number of aryl methyl sites for hydroxylation is 2. The molecule has 1 fully saturated rings. The minimum atomic E-state index is -0.981. The van der Waals surface area contributed by atoms with Gasteiger partial charge in [0.2, 0.25) is 0 Å². The molecule has 172 valence electrons. The molecule has 6 heteroatoms. The first-order valence-corrected chi connectivity index (χ1v) is 11.2. The Bertz CT molecular complexity index is 1180. The quantitative estimate of drug-likeness (QED) is 0.532. The molecule has 6 nitrogen and oxygen atoms in total. The van der Waals surface area contributed by atoms with E-state index in [2.05, 4.69) is 0 Å². The molecule has 0 aliphatic carbocycles. The minimum absolute atomic E-state index is 0.162. The maximum absolute atomic E-state index is 13.9. The van der Waals surface area contributed by atoms with E-state index in [9.17, 15) is 9.59 Å². The molecular formula is C27H30N2O4. The molecule has 0 saturated carbocycles. The molecule has 1 aromatic heterocycles. The van der Waals surface area contributed by atoms with Crippen molar-refractivity contribution in [1.82, 2.24) is 9.88 Å². The van der Waals surface area contributed by atoms with Crippen molar-refractivity contribution in [3.05, 3.63) is 77.0 Å². The maximum atomic E-state index is 13.9. The first-order valence-electron chi connectivity index (χ1n) is 11.2. The number of amides is 2. The molecular weight excluding hydrogens is 416 g/mol. The van der Waals surface area contributed by atoms with Crippen molar-refractivity contribution in [3.63, 3.8) is 0 Å². The predicted molar refractivity (Wildman–Crippen MR) is 127 cm³/mol. The van der Waals surface area contributed by atoms with E-state index in [1.807, 2.05) is 89.2 Å². The highest BCUT2D eigenvalue weighted by Gasteiger charge is 2.43. The number of ether oxygens (including phenoxy) is 2. The van der Waals surface area contributed by atoms with E-state index < -0.39 is 29.7 Å². The lowest BCUT2D eigenvalue weighted by Gasteiger charge is -2.32. The zero-order chi connectivity index (χ0) is 23.8. The third kappa shape index (κ3) is 4.76. The van der Waals surface area contributed by atoms with Gasteiger partial charge in [-0.2, -0.15) is 0 Å². The second kappa shape index (κ2) is 8.94. The van der Waals surface area contributed by atoms with Crippen LogP contribution in [0.1, 0.15) is 49.3 Å². The zero-order valence-corrected chi connectivity index (χ0v) is 19.8. The third-order valence-electron chi connectivity index (χ3n) is 5.86. The lowest BCUT2D eigenvalue weighted by molar-refractivity contribution is -0.152. The number of hydrogen-bond donors (Lipinski definition) is 0. The molecule has 4 rings (SSSR count). The number of para-hydroxylation sites is 1. The van der Waals surface area contributed by atoms with E-state index in [1.54, 1.807) is 0 Å². The van der Waals surface area contributed by atoms with E-state index >= 15 is 0 Å². The molecule has 3 aromatic rings. The summed E-state index contributed by atoms with van der Waals surface area (Å²) in [4.78, 5) is 32.6. The Balaban J connectivity index is 1.76. The van der Waals surface area contributed by atoms with Crippen LogP contribution in [0.2, 0.25) is 0 Å². The topological polar surface area (TPSA) is 68.7 Å². The summed E-state index contributed by atoms with van der Waals surface area (Å²) < 4.78 is 11.6. The highest BCUT2D eigenvalue weighted by atomic mass is 16.6. The fraction of sp³-hybridized carbons (Fsp3) is 0.370. The van der Waals surface area contributed by atoms with Crippen LogP contribution in [0.3, 0.4) is 0 Å². The Morgan fingerprint density at radius 3 is 2.48 bits per heavy atom. The number of benzene rings is 2. The van der Waals surface area contributed by atoms with Gasteiger partial charge >= 0.3 is 6.09 Å². The van der Waals surface area contributed by atoms with Crippen LogP contribution in [-0.4, -0.2) is 40.1 Å². The van der Waals surface area contributed by atoms with Crippen LogP contribution in [0.4, 0.5) is 4.79 Å². The maximum Gasteiger partial charge on any atom is 0.417 e. The highest BCUT2D eigenvalue weighted by molar-refractivity contribution is 5.97. The fourth-order valence-electron chi connectivity index (χ4n) is 4.41. The van der Waals surface area contributed by atoms with E-state index in [-0.39, 0.29) is 6.61 Å². The summed E-state index contributed by atoms with van der Waals surface area (Å²) in [5.74, 6) is -0.420. The standard InChI is InChI=1S/C27H30N2O4/c1-17-21-13-9-10-14-22(21)28-18(2)23(17)24(33-27(3,4)5)25(30)29-20(16-32-26(29)31)15-19-11-7-6-8-12-19/h6-14,20,24H,15-16H2,1-5H3/t20-,24+/m1/s1. The number of cyclic esters (lactones) is 1. The highest BCUT2D eigenvalue weighted by Crippen LogP contribution is 2.35. The molecule has 2 atom stereocenters. The SMILES string of the molecule is Cc1nc2ccccc2c(C)c1[C@H](OC(C)(C)C)C(=O)N1C(=O)OC[C@H]1Cc1ccccc1. The fourth-order valence-corrected chi connectivity index (χ4v) is 4.41. The van der Waals surface area contributed by atoms with E-state index in [0.717, 1.165) is 22.0 Å². The van der Waals surface area contributed by atoms with Gasteiger partial charge in [-0.25, -0.2) is 9.69 Å². The normalized spacial score (nSPS) is 17.3. The van der Waals surface area contributed by atoms with Crippen LogP contribution < -0.4 is 0 Å². The lowest BCUT2D eigenvalue weighted by atomic mass is 9.95. The van der Waals surface area contributed by atoms with E-state index in [1.165, 1.54) is 4.90 Å². The van der Waals surface area contributed by atoms with Gasteiger partial charge in [-0.15, -0.1) is 0 Å². The van der Waals surface area contributed by atoms with Crippen molar-refractivity contribution in [2.75, 3.05) is 6.61 Å².